The highest BCUT2D eigenvalue weighted by Gasteiger charge is 2.39. The Bertz CT molecular complexity index is 1610. The van der Waals surface area contributed by atoms with Crippen molar-refractivity contribution in [2.45, 2.75) is 25.5 Å². The molecule has 1 saturated carbocycles. The lowest BCUT2D eigenvalue weighted by Gasteiger charge is -2.35. The summed E-state index contributed by atoms with van der Waals surface area (Å²) in [5.74, 6) is -1.73. The van der Waals surface area contributed by atoms with Crippen molar-refractivity contribution in [2.24, 2.45) is 5.41 Å². The topological polar surface area (TPSA) is 97.2 Å². The van der Waals surface area contributed by atoms with Gasteiger partial charge in [0.15, 0.2) is 0 Å². The molecule has 2 saturated heterocycles. The number of hydrogen-bond acceptors (Lipinski definition) is 8. The van der Waals surface area contributed by atoms with E-state index in [9.17, 15) is 22.0 Å². The molecule has 43 heavy (non-hydrogen) atoms. The first-order valence-electron chi connectivity index (χ1n) is 14.5. The molecule has 6 rings (SSSR count). The molecule has 0 amide bonds. The predicted molar refractivity (Wildman–Crippen MR) is 158 cm³/mol. The summed E-state index contributed by atoms with van der Waals surface area (Å²) in [7, 11) is -3.58. The summed E-state index contributed by atoms with van der Waals surface area (Å²) in [6, 6.07) is 10.4. The second-order valence-electron chi connectivity index (χ2n) is 11.7. The lowest BCUT2D eigenvalue weighted by molar-refractivity contribution is 0.122. The van der Waals surface area contributed by atoms with Gasteiger partial charge in [-0.15, -0.1) is 0 Å². The van der Waals surface area contributed by atoms with Crippen molar-refractivity contribution in [2.75, 3.05) is 68.9 Å². The standard InChI is InChI=1S/C30H35F2N5O5S/c1-30(6-7-30)21-42-28-27(19-33-37(29(28)38)26-17-23(31)16-24(32)18-26)35-8-10-36(11-9-35)43(39,40)20-22-2-4-25(5-3-22)34-12-14-41-15-13-34/h2-5,16-19H,6-15,20-21H2,1H3. The molecule has 3 aliphatic rings. The summed E-state index contributed by atoms with van der Waals surface area (Å²) >= 11 is 0. The fourth-order valence-electron chi connectivity index (χ4n) is 5.37. The van der Waals surface area contributed by atoms with E-state index in [1.807, 2.05) is 29.2 Å². The number of hydrogen-bond donors (Lipinski definition) is 0. The van der Waals surface area contributed by atoms with Gasteiger partial charge >= 0.3 is 5.56 Å². The minimum Gasteiger partial charge on any atom is -0.486 e. The number of sulfonamides is 1. The Hall–Kier alpha value is -3.55. The van der Waals surface area contributed by atoms with Crippen molar-refractivity contribution in [3.63, 3.8) is 0 Å². The van der Waals surface area contributed by atoms with Crippen molar-refractivity contribution in [3.8, 4) is 11.4 Å². The Labute approximate surface area is 249 Å². The van der Waals surface area contributed by atoms with Gasteiger partial charge < -0.3 is 19.3 Å². The van der Waals surface area contributed by atoms with Crippen LogP contribution in [-0.2, 0) is 20.5 Å². The van der Waals surface area contributed by atoms with Gasteiger partial charge in [-0.05, 0) is 42.7 Å². The lowest BCUT2D eigenvalue weighted by Crippen LogP contribution is -2.49. The van der Waals surface area contributed by atoms with E-state index in [1.165, 1.54) is 10.5 Å². The van der Waals surface area contributed by atoms with E-state index < -0.39 is 27.2 Å². The molecule has 0 radical (unpaired) electrons. The number of anilines is 2. The SMILES string of the molecule is CC1(COc2c(N3CCN(S(=O)(=O)Cc4ccc(N5CCOCC5)cc4)CC3)cnn(-c3cc(F)cc(F)c3)c2=O)CC1. The molecule has 3 heterocycles. The van der Waals surface area contributed by atoms with Crippen LogP contribution in [0.5, 0.6) is 5.75 Å². The molecule has 13 heteroatoms. The molecule has 0 N–H and O–H groups in total. The van der Waals surface area contributed by atoms with E-state index in [0.717, 1.165) is 54.5 Å². The number of piperazine rings is 1. The Kier molecular flexibility index (Phi) is 8.14. The third-order valence-electron chi connectivity index (χ3n) is 8.31. The zero-order valence-electron chi connectivity index (χ0n) is 24.0. The Balaban J connectivity index is 1.16. The molecule has 230 valence electrons. The molecule has 3 aromatic rings. The maximum atomic E-state index is 13.9. The average Bonchev–Trinajstić information content (AvgIpc) is 3.73. The molecule has 0 unspecified atom stereocenters. The summed E-state index contributed by atoms with van der Waals surface area (Å²) in [5, 5.41) is 4.20. The Morgan fingerprint density at radius 1 is 0.907 bits per heavy atom. The zero-order chi connectivity index (χ0) is 30.2. The number of benzene rings is 2. The van der Waals surface area contributed by atoms with Gasteiger partial charge in [0.1, 0.15) is 17.3 Å². The number of nitrogens with zero attached hydrogens (tertiary/aromatic N) is 5. The minimum absolute atomic E-state index is 0.0318. The number of rotatable bonds is 9. The summed E-state index contributed by atoms with van der Waals surface area (Å²) in [6.45, 7) is 6.45. The fraction of sp³-hybridized carbons (Fsp3) is 0.467. The molecule has 2 aliphatic heterocycles. The van der Waals surface area contributed by atoms with E-state index >= 15 is 0 Å². The molecule has 10 nitrogen and oxygen atoms in total. The van der Waals surface area contributed by atoms with Crippen LogP contribution in [0.1, 0.15) is 25.3 Å². The van der Waals surface area contributed by atoms with Gasteiger partial charge in [-0.3, -0.25) is 4.79 Å². The van der Waals surface area contributed by atoms with Crippen LogP contribution in [0.15, 0.2) is 53.5 Å². The highest BCUT2D eigenvalue weighted by atomic mass is 32.2. The summed E-state index contributed by atoms with van der Waals surface area (Å²) in [6.07, 6.45) is 3.39. The third-order valence-corrected chi connectivity index (χ3v) is 10.2. The fourth-order valence-corrected chi connectivity index (χ4v) is 6.89. The first-order chi connectivity index (χ1) is 20.6. The molecular formula is C30H35F2N5O5S. The molecule has 0 bridgehead atoms. The van der Waals surface area contributed by atoms with Crippen LogP contribution in [0.3, 0.4) is 0 Å². The Morgan fingerprint density at radius 2 is 1.56 bits per heavy atom. The van der Waals surface area contributed by atoms with Crippen molar-refractivity contribution in [3.05, 3.63) is 76.2 Å². The first-order valence-corrected chi connectivity index (χ1v) is 16.1. The second kappa shape index (κ2) is 11.9. The lowest BCUT2D eigenvalue weighted by atomic mass is 10.2. The highest BCUT2D eigenvalue weighted by molar-refractivity contribution is 7.88. The van der Waals surface area contributed by atoms with Crippen molar-refractivity contribution in [1.82, 2.24) is 14.1 Å². The van der Waals surface area contributed by atoms with Crippen LogP contribution >= 0.6 is 0 Å². The van der Waals surface area contributed by atoms with Gasteiger partial charge in [0, 0.05) is 56.4 Å². The molecule has 1 aromatic heterocycles. The molecule has 0 spiro atoms. The molecule has 1 aliphatic carbocycles. The summed E-state index contributed by atoms with van der Waals surface area (Å²) in [4.78, 5) is 17.6. The van der Waals surface area contributed by atoms with Gasteiger partial charge in [-0.25, -0.2) is 17.2 Å². The smallest absolute Gasteiger partial charge is 0.316 e. The number of aromatic nitrogens is 2. The molecule has 0 atom stereocenters. The maximum Gasteiger partial charge on any atom is 0.316 e. The van der Waals surface area contributed by atoms with Crippen molar-refractivity contribution in [1.29, 1.82) is 0 Å². The first kappa shape index (κ1) is 29.5. The van der Waals surface area contributed by atoms with Crippen LogP contribution < -0.4 is 20.1 Å². The van der Waals surface area contributed by atoms with E-state index in [-0.39, 0.29) is 35.7 Å². The largest absolute Gasteiger partial charge is 0.486 e. The number of ether oxygens (including phenoxy) is 2. The highest BCUT2D eigenvalue weighted by Crippen LogP contribution is 2.45. The van der Waals surface area contributed by atoms with Gasteiger partial charge in [0.25, 0.3) is 0 Å². The van der Waals surface area contributed by atoms with E-state index in [1.54, 1.807) is 0 Å². The van der Waals surface area contributed by atoms with Gasteiger partial charge in [0.05, 0.1) is 37.5 Å². The van der Waals surface area contributed by atoms with Gasteiger partial charge in [-0.2, -0.15) is 14.1 Å². The minimum atomic E-state index is -3.58. The summed E-state index contributed by atoms with van der Waals surface area (Å²) < 4.78 is 68.3. The molecular weight excluding hydrogens is 580 g/mol. The van der Waals surface area contributed by atoms with Crippen LogP contribution in [0, 0.1) is 17.0 Å². The normalized spacial score (nSPS) is 19.0. The van der Waals surface area contributed by atoms with Gasteiger partial charge in [-0.1, -0.05) is 19.1 Å². The predicted octanol–water partition coefficient (Wildman–Crippen LogP) is 3.18. The van der Waals surface area contributed by atoms with Crippen molar-refractivity contribution < 1.29 is 26.7 Å². The van der Waals surface area contributed by atoms with Crippen LogP contribution in [0.4, 0.5) is 20.2 Å². The monoisotopic (exact) mass is 615 g/mol. The zero-order valence-corrected chi connectivity index (χ0v) is 24.9. The molecule has 3 fully saturated rings. The number of morpholine rings is 1. The van der Waals surface area contributed by atoms with E-state index in [0.29, 0.717) is 44.2 Å². The van der Waals surface area contributed by atoms with Crippen LogP contribution in [0.2, 0.25) is 0 Å². The van der Waals surface area contributed by atoms with Gasteiger partial charge in [0.2, 0.25) is 15.8 Å². The van der Waals surface area contributed by atoms with E-state index in [2.05, 4.69) is 16.9 Å². The second-order valence-corrected chi connectivity index (χ2v) is 13.7. The molecule has 2 aromatic carbocycles. The van der Waals surface area contributed by atoms with Crippen LogP contribution in [0.25, 0.3) is 5.69 Å². The van der Waals surface area contributed by atoms with Crippen molar-refractivity contribution >= 4 is 21.4 Å². The third kappa shape index (κ3) is 6.68. The maximum absolute atomic E-state index is 13.9. The average molecular weight is 616 g/mol. The Morgan fingerprint density at radius 3 is 2.19 bits per heavy atom. The number of halogens is 2. The van der Waals surface area contributed by atoms with E-state index in [4.69, 9.17) is 9.47 Å². The quantitative estimate of drug-likeness (QED) is 0.362. The summed E-state index contributed by atoms with van der Waals surface area (Å²) in [5.41, 5.74) is 1.47. The van der Waals surface area contributed by atoms with Crippen LogP contribution in [-0.4, -0.2) is 81.6 Å².